The zero-order valence-electron chi connectivity index (χ0n) is 10.1. The first kappa shape index (κ1) is 12.0. The number of rotatable bonds is 3. The predicted octanol–water partition coefficient (Wildman–Crippen LogP) is 2.75. The molecular formula is C12H21N3S. The molecule has 3 nitrogen and oxygen atoms in total. The molecule has 1 saturated carbocycles. The van der Waals surface area contributed by atoms with Gasteiger partial charge < -0.3 is 10.3 Å². The van der Waals surface area contributed by atoms with Gasteiger partial charge in [0.25, 0.3) is 0 Å². The van der Waals surface area contributed by atoms with Crippen molar-refractivity contribution >= 4 is 11.8 Å². The first-order valence-corrected chi connectivity index (χ1v) is 7.31. The lowest BCUT2D eigenvalue weighted by molar-refractivity contribution is 0.350. The molecule has 1 aliphatic rings. The van der Waals surface area contributed by atoms with E-state index in [9.17, 15) is 0 Å². The number of thioether (sulfide) groups is 1. The van der Waals surface area contributed by atoms with Crippen LogP contribution in [0, 0.1) is 0 Å². The molecule has 0 spiro atoms. The second-order valence-electron chi connectivity index (χ2n) is 4.69. The highest BCUT2D eigenvalue weighted by atomic mass is 32.2. The molecule has 1 fully saturated rings. The molecule has 4 heteroatoms. The molecule has 3 atom stereocenters. The van der Waals surface area contributed by atoms with E-state index < -0.39 is 0 Å². The van der Waals surface area contributed by atoms with Gasteiger partial charge in [-0.3, -0.25) is 0 Å². The molecule has 1 aromatic heterocycles. The minimum Gasteiger partial charge on any atom is -0.330 e. The molecule has 0 aliphatic heterocycles. The lowest BCUT2D eigenvalue weighted by Gasteiger charge is -2.30. The van der Waals surface area contributed by atoms with Crippen molar-refractivity contribution < 1.29 is 0 Å². The van der Waals surface area contributed by atoms with Gasteiger partial charge in [-0.1, -0.05) is 6.42 Å². The summed E-state index contributed by atoms with van der Waals surface area (Å²) in [4.78, 5) is 4.25. The molecule has 2 rings (SSSR count). The molecule has 90 valence electrons. The summed E-state index contributed by atoms with van der Waals surface area (Å²) in [6, 6.07) is 0.687. The highest BCUT2D eigenvalue weighted by Gasteiger charge is 2.24. The van der Waals surface area contributed by atoms with Crippen molar-refractivity contribution in [1.29, 1.82) is 0 Å². The van der Waals surface area contributed by atoms with Crippen molar-refractivity contribution in [2.75, 3.05) is 6.26 Å². The summed E-state index contributed by atoms with van der Waals surface area (Å²) in [5, 5.41) is 0.807. The van der Waals surface area contributed by atoms with E-state index in [4.69, 9.17) is 5.73 Å². The van der Waals surface area contributed by atoms with E-state index in [1.54, 1.807) is 0 Å². The third kappa shape index (κ3) is 2.43. The van der Waals surface area contributed by atoms with Crippen LogP contribution in [0.2, 0.25) is 0 Å². The highest BCUT2D eigenvalue weighted by molar-refractivity contribution is 7.99. The van der Waals surface area contributed by atoms with Crippen LogP contribution in [0.15, 0.2) is 12.5 Å². The number of nitrogens with two attached hydrogens (primary N) is 1. The van der Waals surface area contributed by atoms with Gasteiger partial charge in [-0.25, -0.2) is 4.98 Å². The second kappa shape index (κ2) is 5.23. The fourth-order valence-corrected chi connectivity index (χ4v) is 3.38. The van der Waals surface area contributed by atoms with Gasteiger partial charge >= 0.3 is 0 Å². The van der Waals surface area contributed by atoms with Gasteiger partial charge in [0.2, 0.25) is 0 Å². The maximum Gasteiger partial charge on any atom is 0.0951 e. The number of nitrogens with zero attached hydrogens (tertiary/aromatic N) is 2. The van der Waals surface area contributed by atoms with E-state index in [2.05, 4.69) is 15.8 Å². The van der Waals surface area contributed by atoms with Crippen molar-refractivity contribution in [3.05, 3.63) is 18.2 Å². The van der Waals surface area contributed by atoms with Crippen LogP contribution < -0.4 is 5.73 Å². The summed E-state index contributed by atoms with van der Waals surface area (Å²) in [6.45, 7) is 2.03. The summed E-state index contributed by atoms with van der Waals surface area (Å²) >= 11 is 2.00. The quantitative estimate of drug-likeness (QED) is 0.882. The second-order valence-corrected chi connectivity index (χ2v) is 5.83. The van der Waals surface area contributed by atoms with Crippen molar-refractivity contribution in [3.63, 3.8) is 0 Å². The number of hydrogen-bond donors (Lipinski definition) is 1. The largest absolute Gasteiger partial charge is 0.330 e. The van der Waals surface area contributed by atoms with Gasteiger partial charge in [-0.15, -0.1) is 0 Å². The molecule has 1 aromatic rings. The normalized spacial score (nSPS) is 27.9. The Morgan fingerprint density at radius 2 is 2.38 bits per heavy atom. The fourth-order valence-electron chi connectivity index (χ4n) is 2.56. The van der Waals surface area contributed by atoms with Gasteiger partial charge in [0.15, 0.2) is 0 Å². The van der Waals surface area contributed by atoms with Crippen LogP contribution in [0.25, 0.3) is 0 Å². The summed E-state index contributed by atoms with van der Waals surface area (Å²) in [6.07, 6.45) is 11.3. The Bertz CT molecular complexity index is 335. The van der Waals surface area contributed by atoms with Gasteiger partial charge in [-0.2, -0.15) is 11.8 Å². The molecule has 0 radical (unpaired) electrons. The molecule has 16 heavy (non-hydrogen) atoms. The van der Waals surface area contributed by atoms with Crippen LogP contribution in [0.3, 0.4) is 0 Å². The Morgan fingerprint density at radius 3 is 3.06 bits per heavy atom. The molecular weight excluding hydrogens is 218 g/mol. The lowest BCUT2D eigenvalue weighted by Crippen LogP contribution is -2.23. The molecule has 1 aliphatic carbocycles. The molecule has 0 saturated heterocycles. The van der Waals surface area contributed by atoms with E-state index in [0.717, 1.165) is 5.25 Å². The van der Waals surface area contributed by atoms with Crippen molar-refractivity contribution in [3.8, 4) is 0 Å². The van der Waals surface area contributed by atoms with Crippen molar-refractivity contribution in [2.45, 2.75) is 49.9 Å². The summed E-state index contributed by atoms with van der Waals surface area (Å²) in [5.41, 5.74) is 7.14. The molecule has 0 aromatic carbocycles. The lowest BCUT2D eigenvalue weighted by atomic mass is 9.94. The van der Waals surface area contributed by atoms with Crippen LogP contribution in [0.4, 0.5) is 0 Å². The predicted molar refractivity (Wildman–Crippen MR) is 69.6 cm³/mol. The van der Waals surface area contributed by atoms with Crippen molar-refractivity contribution in [2.24, 2.45) is 5.73 Å². The summed E-state index contributed by atoms with van der Waals surface area (Å²) in [5.74, 6) is 0. The summed E-state index contributed by atoms with van der Waals surface area (Å²) < 4.78 is 2.30. The fraction of sp³-hybridized carbons (Fsp3) is 0.750. The van der Waals surface area contributed by atoms with Crippen LogP contribution in [-0.4, -0.2) is 21.1 Å². The number of imidazole rings is 1. The van der Waals surface area contributed by atoms with Crippen LogP contribution >= 0.6 is 11.8 Å². The van der Waals surface area contributed by atoms with Crippen LogP contribution in [0.5, 0.6) is 0 Å². The Hall–Kier alpha value is -0.480. The number of aromatic nitrogens is 2. The van der Waals surface area contributed by atoms with Gasteiger partial charge in [0, 0.05) is 23.5 Å². The van der Waals surface area contributed by atoms with E-state index in [-0.39, 0.29) is 6.04 Å². The van der Waals surface area contributed by atoms with Crippen molar-refractivity contribution in [1.82, 2.24) is 9.55 Å². The Labute approximate surface area is 102 Å². The third-order valence-electron chi connectivity index (χ3n) is 3.49. The Balaban J connectivity index is 2.13. The van der Waals surface area contributed by atoms with Gasteiger partial charge in [0.05, 0.1) is 12.0 Å². The molecule has 3 unspecified atom stereocenters. The Kier molecular flexibility index (Phi) is 3.92. The Morgan fingerprint density at radius 1 is 1.56 bits per heavy atom. The maximum absolute atomic E-state index is 5.97. The molecule has 0 bridgehead atoms. The van der Waals surface area contributed by atoms with Crippen LogP contribution in [-0.2, 0) is 0 Å². The standard InChI is InChI=1S/C12H21N3S/c1-9(13)12-7-14-8-15(12)10-4-3-5-11(6-10)16-2/h7-11H,3-6,13H2,1-2H3. The summed E-state index contributed by atoms with van der Waals surface area (Å²) in [7, 11) is 0. The molecule has 1 heterocycles. The van der Waals surface area contributed by atoms with E-state index in [0.29, 0.717) is 6.04 Å². The van der Waals surface area contributed by atoms with Gasteiger partial charge in [0.1, 0.15) is 0 Å². The minimum absolute atomic E-state index is 0.0807. The van der Waals surface area contributed by atoms with E-state index >= 15 is 0 Å². The minimum atomic E-state index is 0.0807. The zero-order chi connectivity index (χ0) is 11.5. The topological polar surface area (TPSA) is 43.8 Å². The third-order valence-corrected chi connectivity index (χ3v) is 4.58. The zero-order valence-corrected chi connectivity index (χ0v) is 10.9. The average molecular weight is 239 g/mol. The SMILES string of the molecule is CSC1CCCC(n2cncc2C(C)N)C1. The van der Waals surface area contributed by atoms with Crippen LogP contribution in [0.1, 0.15) is 50.4 Å². The smallest absolute Gasteiger partial charge is 0.0951 e. The first-order chi connectivity index (χ1) is 7.72. The molecule has 2 N–H and O–H groups in total. The maximum atomic E-state index is 5.97. The molecule has 0 amide bonds. The first-order valence-electron chi connectivity index (χ1n) is 6.02. The average Bonchev–Trinajstić information content (AvgIpc) is 2.78. The van der Waals surface area contributed by atoms with E-state index in [1.165, 1.54) is 31.4 Å². The van der Waals surface area contributed by atoms with E-state index in [1.807, 2.05) is 31.2 Å². The monoisotopic (exact) mass is 239 g/mol. The van der Waals surface area contributed by atoms with Gasteiger partial charge in [-0.05, 0) is 32.4 Å². The highest BCUT2D eigenvalue weighted by Crippen LogP contribution is 2.35. The number of hydrogen-bond acceptors (Lipinski definition) is 3.